The number of H-pyrrole nitrogens is 1. The molecular formula is C24H27ClN6O4. The number of rotatable bonds is 7. The van der Waals surface area contributed by atoms with Gasteiger partial charge in [-0.25, -0.2) is 9.78 Å². The first-order valence-corrected chi connectivity index (χ1v) is 11.4. The van der Waals surface area contributed by atoms with E-state index in [0.717, 1.165) is 17.2 Å². The summed E-state index contributed by atoms with van der Waals surface area (Å²) < 4.78 is 13.1. The number of aromatic nitrogens is 4. The molecular weight excluding hydrogens is 472 g/mol. The molecule has 4 rings (SSSR count). The highest BCUT2D eigenvalue weighted by Gasteiger charge is 2.38. The van der Waals surface area contributed by atoms with Crippen LogP contribution in [0.3, 0.4) is 0 Å². The zero-order valence-electron chi connectivity index (χ0n) is 19.9. The Balaban J connectivity index is 1.72. The van der Waals surface area contributed by atoms with Crippen LogP contribution in [0.15, 0.2) is 40.3 Å². The van der Waals surface area contributed by atoms with Gasteiger partial charge in [-0.05, 0) is 32.4 Å². The molecule has 10 nitrogen and oxygen atoms in total. The summed E-state index contributed by atoms with van der Waals surface area (Å²) in [7, 11) is 1.28. The van der Waals surface area contributed by atoms with Crippen molar-refractivity contribution in [1.82, 2.24) is 19.5 Å². The monoisotopic (exact) mass is 498 g/mol. The molecule has 0 saturated heterocycles. The second-order valence-electron chi connectivity index (χ2n) is 8.21. The lowest BCUT2D eigenvalue weighted by atomic mass is 9.82. The lowest BCUT2D eigenvalue weighted by molar-refractivity contribution is -0.136. The van der Waals surface area contributed by atoms with E-state index < -0.39 is 17.4 Å². The number of methoxy groups -OCH3 is 1. The fourth-order valence-electron chi connectivity index (χ4n) is 4.37. The van der Waals surface area contributed by atoms with Crippen molar-refractivity contribution in [2.45, 2.75) is 33.2 Å². The Morgan fingerprint density at radius 2 is 1.97 bits per heavy atom. The Morgan fingerprint density at radius 3 is 2.63 bits per heavy atom. The summed E-state index contributed by atoms with van der Waals surface area (Å²) in [5.41, 5.74) is 8.71. The summed E-state index contributed by atoms with van der Waals surface area (Å²) in [5.74, 6) is -0.261. The highest BCUT2D eigenvalue weighted by molar-refractivity contribution is 6.31. The van der Waals surface area contributed by atoms with Crippen LogP contribution in [-0.2, 0) is 20.8 Å². The third-order valence-electron chi connectivity index (χ3n) is 6.13. The quantitative estimate of drug-likeness (QED) is 0.334. The van der Waals surface area contributed by atoms with Gasteiger partial charge >= 0.3 is 5.97 Å². The van der Waals surface area contributed by atoms with Crippen LogP contribution >= 0.6 is 11.6 Å². The van der Waals surface area contributed by atoms with Gasteiger partial charge in [-0.1, -0.05) is 29.8 Å². The second-order valence-corrected chi connectivity index (χ2v) is 8.62. The van der Waals surface area contributed by atoms with Gasteiger partial charge in [-0.3, -0.25) is 4.79 Å². The molecule has 1 aromatic carbocycles. The minimum Gasteiger partial charge on any atom is -0.466 e. The fraction of sp³-hybridized carbons (Fsp3) is 0.333. The number of nitrogens with one attached hydrogen (secondary N) is 2. The number of nitrogens with zero attached hydrogens (tertiary/aromatic N) is 3. The molecule has 0 radical (unpaired) electrons. The highest BCUT2D eigenvalue weighted by Crippen LogP contribution is 2.42. The standard InChI is InChI=1S/C24H27ClN6O4/c1-12-13(2)31(14(3)27-12)9-10-35-11-17-19(23(33)34-4)18(15-7-5-6-8-16(15)25)20-21(28-17)29-24(26)30-22(20)32/h5-8,18H,9-11H2,1-4H3,(H4,26,28,29,30,32). The molecule has 11 heteroatoms. The molecule has 0 amide bonds. The number of esters is 1. The van der Waals surface area contributed by atoms with Gasteiger partial charge in [-0.15, -0.1) is 0 Å². The summed E-state index contributed by atoms with van der Waals surface area (Å²) >= 11 is 6.50. The first kappa shape index (κ1) is 24.5. The number of fused-ring (bicyclic) bond motifs is 1. The van der Waals surface area contributed by atoms with Crippen molar-refractivity contribution in [1.29, 1.82) is 0 Å². The van der Waals surface area contributed by atoms with Crippen molar-refractivity contribution in [3.63, 3.8) is 0 Å². The Hall–Kier alpha value is -3.63. The van der Waals surface area contributed by atoms with Gasteiger partial charge in [-0.2, -0.15) is 4.98 Å². The number of benzene rings is 1. The van der Waals surface area contributed by atoms with Crippen LogP contribution < -0.4 is 16.6 Å². The minimum absolute atomic E-state index is 0.0534. The van der Waals surface area contributed by atoms with Crippen molar-refractivity contribution in [2.75, 3.05) is 31.4 Å². The zero-order chi connectivity index (χ0) is 25.3. The first-order chi connectivity index (χ1) is 16.7. The smallest absolute Gasteiger partial charge is 0.336 e. The lowest BCUT2D eigenvalue weighted by Crippen LogP contribution is -2.33. The Morgan fingerprint density at radius 1 is 1.23 bits per heavy atom. The van der Waals surface area contributed by atoms with Crippen molar-refractivity contribution in [3.8, 4) is 0 Å². The van der Waals surface area contributed by atoms with Crippen LogP contribution in [0.5, 0.6) is 0 Å². The van der Waals surface area contributed by atoms with Crippen LogP contribution in [0.25, 0.3) is 0 Å². The van der Waals surface area contributed by atoms with E-state index in [1.165, 1.54) is 7.11 Å². The van der Waals surface area contributed by atoms with E-state index in [0.29, 0.717) is 35.3 Å². The van der Waals surface area contributed by atoms with Crippen LogP contribution in [-0.4, -0.2) is 45.8 Å². The number of imidazole rings is 1. The van der Waals surface area contributed by atoms with E-state index in [1.807, 2.05) is 20.8 Å². The maximum atomic E-state index is 13.0. The predicted octanol–water partition coefficient (Wildman–Crippen LogP) is 2.83. The average molecular weight is 499 g/mol. The number of hydrogen-bond donors (Lipinski definition) is 3. The van der Waals surface area contributed by atoms with Crippen LogP contribution in [0.1, 0.15) is 34.3 Å². The number of hydrogen-bond acceptors (Lipinski definition) is 8. The van der Waals surface area contributed by atoms with E-state index in [1.54, 1.807) is 24.3 Å². The summed E-state index contributed by atoms with van der Waals surface area (Å²) in [5, 5.41) is 3.50. The number of nitrogens with two attached hydrogens (primary N) is 1. The summed E-state index contributed by atoms with van der Waals surface area (Å²) in [4.78, 5) is 37.1. The number of anilines is 2. The fourth-order valence-corrected chi connectivity index (χ4v) is 4.61. The van der Waals surface area contributed by atoms with E-state index in [2.05, 4.69) is 24.8 Å². The largest absolute Gasteiger partial charge is 0.466 e. The Bertz CT molecular complexity index is 1380. The van der Waals surface area contributed by atoms with Gasteiger partial charge in [0.1, 0.15) is 11.6 Å². The number of halogens is 1. The number of ether oxygens (including phenoxy) is 2. The molecule has 0 aliphatic carbocycles. The number of aryl methyl sites for hydroxylation is 2. The lowest BCUT2D eigenvalue weighted by Gasteiger charge is -2.30. The Kier molecular flexibility index (Phi) is 6.95. The third kappa shape index (κ3) is 4.67. The molecule has 1 atom stereocenters. The molecule has 0 bridgehead atoms. The zero-order valence-corrected chi connectivity index (χ0v) is 20.7. The molecule has 0 fully saturated rings. The van der Waals surface area contributed by atoms with Crippen molar-refractivity contribution >= 4 is 29.3 Å². The molecule has 4 N–H and O–H groups in total. The van der Waals surface area contributed by atoms with Gasteiger partial charge in [0.05, 0.1) is 48.8 Å². The molecule has 2 aromatic heterocycles. The topological polar surface area (TPSA) is 137 Å². The van der Waals surface area contributed by atoms with E-state index >= 15 is 0 Å². The predicted molar refractivity (Wildman–Crippen MR) is 132 cm³/mol. The molecule has 3 aromatic rings. The van der Waals surface area contributed by atoms with Gasteiger partial charge in [0.25, 0.3) is 5.56 Å². The normalized spacial score (nSPS) is 15.1. The van der Waals surface area contributed by atoms with Crippen molar-refractivity contribution in [3.05, 3.63) is 79.3 Å². The number of carbonyl (C=O) groups is 1. The van der Waals surface area contributed by atoms with Crippen molar-refractivity contribution in [2.24, 2.45) is 0 Å². The van der Waals surface area contributed by atoms with E-state index in [-0.39, 0.29) is 23.7 Å². The third-order valence-corrected chi connectivity index (χ3v) is 6.47. The summed E-state index contributed by atoms with van der Waals surface area (Å²) in [6, 6.07) is 7.00. The van der Waals surface area contributed by atoms with Gasteiger partial charge < -0.3 is 30.1 Å². The Labute approximate surface area is 207 Å². The molecule has 1 aliphatic heterocycles. The van der Waals surface area contributed by atoms with Crippen LogP contribution in [0, 0.1) is 20.8 Å². The number of aromatic amines is 1. The molecule has 0 saturated carbocycles. The SMILES string of the molecule is COC(=O)C1=C(COCCn2c(C)nc(C)c2C)Nc2[nH]c(N)nc(=O)c2C1c1ccccc1Cl. The second kappa shape index (κ2) is 9.93. The van der Waals surface area contributed by atoms with Gasteiger partial charge in [0.2, 0.25) is 5.95 Å². The van der Waals surface area contributed by atoms with E-state index in [4.69, 9.17) is 26.8 Å². The summed E-state index contributed by atoms with van der Waals surface area (Å²) in [6.07, 6.45) is 0. The maximum Gasteiger partial charge on any atom is 0.336 e. The van der Waals surface area contributed by atoms with Crippen LogP contribution in [0.4, 0.5) is 11.8 Å². The molecule has 3 heterocycles. The number of nitrogen functional groups attached to an aromatic ring is 1. The molecule has 0 spiro atoms. The van der Waals surface area contributed by atoms with Crippen LogP contribution in [0.2, 0.25) is 5.02 Å². The first-order valence-electron chi connectivity index (χ1n) is 11.0. The molecule has 184 valence electrons. The highest BCUT2D eigenvalue weighted by atomic mass is 35.5. The summed E-state index contributed by atoms with van der Waals surface area (Å²) in [6.45, 7) is 6.94. The van der Waals surface area contributed by atoms with E-state index in [9.17, 15) is 9.59 Å². The average Bonchev–Trinajstić information content (AvgIpc) is 3.06. The van der Waals surface area contributed by atoms with Gasteiger partial charge in [0.15, 0.2) is 0 Å². The molecule has 1 aliphatic rings. The maximum absolute atomic E-state index is 13.0. The minimum atomic E-state index is -0.830. The van der Waals surface area contributed by atoms with Gasteiger partial charge in [0, 0.05) is 17.3 Å². The number of carbonyl (C=O) groups excluding carboxylic acids is 1. The molecule has 1 unspecified atom stereocenters. The molecule has 35 heavy (non-hydrogen) atoms. The van der Waals surface area contributed by atoms with Crippen molar-refractivity contribution < 1.29 is 14.3 Å².